The normalized spacial score (nSPS) is 14.5. The Hall–Kier alpha value is -10.0. The van der Waals surface area contributed by atoms with Crippen LogP contribution in [0.5, 0.6) is 0 Å². The zero-order valence-corrected chi connectivity index (χ0v) is 42.6. The van der Waals surface area contributed by atoms with Gasteiger partial charge in [0.1, 0.15) is 22.3 Å². The number of nitrogens with zero attached hydrogens (tertiary/aromatic N) is 2. The molecule has 0 aliphatic carbocycles. The second kappa shape index (κ2) is 14.9. The van der Waals surface area contributed by atoms with E-state index in [9.17, 15) is 0 Å². The molecule has 5 nitrogen and oxygen atoms in total. The third kappa shape index (κ3) is 5.09. The molecule has 6 heterocycles. The van der Waals surface area contributed by atoms with Gasteiger partial charge in [0.15, 0.2) is 0 Å². The molecule has 0 saturated carbocycles. The number of fused-ring (bicyclic) bond motifs is 24. The molecule has 0 atom stereocenters. The summed E-state index contributed by atoms with van der Waals surface area (Å²) in [5, 5.41) is 9.16. The molecule has 12 aromatic carbocycles. The summed E-state index contributed by atoms with van der Waals surface area (Å²) >= 11 is 0. The van der Waals surface area contributed by atoms with Crippen molar-refractivity contribution < 1.29 is 13.0 Å². The molecule has 0 saturated heterocycles. The van der Waals surface area contributed by atoms with Crippen molar-refractivity contribution in [3.05, 3.63) is 255 Å². The van der Waals surface area contributed by atoms with E-state index in [0.29, 0.717) is 0 Å². The fourth-order valence-electron chi connectivity index (χ4n) is 14.2. The molecule has 18 rings (SSSR count). The van der Waals surface area contributed by atoms with E-state index in [4.69, 9.17) is 8.83 Å². The standard InChI is InChI=1S/C72H42N2O3S/c75-78(65-31-15-7-19-47(65)53-41-43(33-39-67(53)78)45-17-1-9-25-55(45)73-57-27-11-3-21-49(57)69-59(73)35-37-63-71(69)51-23-5-13-29-61(51)76-63)66-32-16-8-20-48(66)54-42-44(34-40-68(54)78)46-18-2-10-26-56(46)74-58-28-12-4-22-50(58)70-60(74)36-38-64-72(70)52-24-6-14-30-62(52)77-64/h1-42H. The molecule has 4 aromatic heterocycles. The quantitative estimate of drug-likeness (QED) is 0.177. The van der Waals surface area contributed by atoms with Gasteiger partial charge in [0.05, 0.1) is 33.4 Å². The Morgan fingerprint density at radius 2 is 0.641 bits per heavy atom. The van der Waals surface area contributed by atoms with E-state index in [2.05, 4.69) is 240 Å². The number of benzene rings is 12. The first kappa shape index (κ1) is 42.2. The molecule has 16 aromatic rings. The van der Waals surface area contributed by atoms with Gasteiger partial charge < -0.3 is 18.0 Å². The molecule has 0 radical (unpaired) electrons. The SMILES string of the molecule is O=S12(c3ccccc3-c3cc(-c4ccccc4-n4c5ccccc5c5c6c(ccc54)oc4ccccc46)ccc31)c1ccccc1-c1cc(-c3ccccc3-n3c4ccccc4c4c5c(ccc43)oc3ccccc35)ccc12. The predicted octanol–water partition coefficient (Wildman–Crippen LogP) is 19.3. The van der Waals surface area contributed by atoms with Crippen molar-refractivity contribution in [1.82, 2.24) is 9.13 Å². The number of hydrogen-bond acceptors (Lipinski definition) is 3. The first-order valence-electron chi connectivity index (χ1n) is 26.6. The topological polar surface area (TPSA) is 53.2 Å². The highest BCUT2D eigenvalue weighted by Crippen LogP contribution is 2.71. The molecule has 6 heteroatoms. The number of rotatable bonds is 4. The van der Waals surface area contributed by atoms with Crippen molar-refractivity contribution in [2.45, 2.75) is 19.6 Å². The Labute approximate surface area is 446 Å². The number of aromatic nitrogens is 2. The van der Waals surface area contributed by atoms with Crippen LogP contribution in [0.25, 0.3) is 143 Å². The summed E-state index contributed by atoms with van der Waals surface area (Å²) in [6.45, 7) is 0. The van der Waals surface area contributed by atoms with Crippen LogP contribution < -0.4 is 0 Å². The van der Waals surface area contributed by atoms with Crippen molar-refractivity contribution in [1.29, 1.82) is 0 Å². The fraction of sp³-hybridized carbons (Fsp3) is 0. The summed E-state index contributed by atoms with van der Waals surface area (Å²) < 4.78 is 35.7. The molecule has 364 valence electrons. The Morgan fingerprint density at radius 3 is 1.12 bits per heavy atom. The van der Waals surface area contributed by atoms with E-state index in [1.165, 1.54) is 21.5 Å². The minimum atomic E-state index is -4.20. The lowest BCUT2D eigenvalue weighted by Gasteiger charge is -2.38. The van der Waals surface area contributed by atoms with Crippen LogP contribution >= 0.6 is 0 Å². The second-order valence-corrected chi connectivity index (χ2v) is 24.6. The predicted molar refractivity (Wildman–Crippen MR) is 319 cm³/mol. The Kier molecular flexibility index (Phi) is 8.06. The lowest BCUT2D eigenvalue weighted by molar-refractivity contribution is 0.658. The van der Waals surface area contributed by atoms with E-state index in [1.54, 1.807) is 0 Å². The summed E-state index contributed by atoms with van der Waals surface area (Å²) in [7, 11) is -4.20. The van der Waals surface area contributed by atoms with Crippen LogP contribution in [0.4, 0.5) is 0 Å². The summed E-state index contributed by atoms with van der Waals surface area (Å²) in [6.07, 6.45) is 0. The molecule has 2 aliphatic heterocycles. The highest BCUT2D eigenvalue weighted by Gasteiger charge is 2.57. The zero-order chi connectivity index (χ0) is 51.0. The van der Waals surface area contributed by atoms with Gasteiger partial charge in [-0.15, -0.1) is 0 Å². The van der Waals surface area contributed by atoms with Gasteiger partial charge in [-0.1, -0.05) is 158 Å². The molecule has 2 aliphatic rings. The Bertz CT molecular complexity index is 5090. The maximum Gasteiger partial charge on any atom is 0.136 e. The molecular formula is C72H42N2O3S. The molecule has 1 spiro atoms. The minimum Gasteiger partial charge on any atom is -0.456 e. The van der Waals surface area contributed by atoms with Crippen molar-refractivity contribution >= 4 is 96.6 Å². The lowest BCUT2D eigenvalue weighted by atomic mass is 9.98. The van der Waals surface area contributed by atoms with Gasteiger partial charge in [0.25, 0.3) is 0 Å². The van der Waals surface area contributed by atoms with Crippen molar-refractivity contribution in [3.8, 4) is 55.9 Å². The van der Waals surface area contributed by atoms with Gasteiger partial charge in [0.2, 0.25) is 0 Å². The van der Waals surface area contributed by atoms with Crippen molar-refractivity contribution in [2.75, 3.05) is 0 Å². The van der Waals surface area contributed by atoms with Crippen molar-refractivity contribution in [3.63, 3.8) is 0 Å². The largest absolute Gasteiger partial charge is 0.456 e. The summed E-state index contributed by atoms with van der Waals surface area (Å²) in [6, 6.07) is 90.3. The smallest absolute Gasteiger partial charge is 0.136 e. The average Bonchev–Trinajstić information content (AvgIpc) is 3.77. The molecule has 0 amide bonds. The highest BCUT2D eigenvalue weighted by molar-refractivity contribution is 8.21. The van der Waals surface area contributed by atoms with Gasteiger partial charge in [-0.05, 0) is 130 Å². The minimum absolute atomic E-state index is 0.850. The lowest BCUT2D eigenvalue weighted by Crippen LogP contribution is -2.30. The van der Waals surface area contributed by atoms with Gasteiger partial charge >= 0.3 is 0 Å². The van der Waals surface area contributed by atoms with Crippen LogP contribution in [0.1, 0.15) is 0 Å². The third-order valence-corrected chi connectivity index (χ3v) is 22.0. The molecule has 0 fully saturated rings. The Morgan fingerprint density at radius 1 is 0.269 bits per heavy atom. The first-order chi connectivity index (χ1) is 38.5. The summed E-state index contributed by atoms with van der Waals surface area (Å²) in [5.74, 6) is 0. The number of hydrogen-bond donors (Lipinski definition) is 0. The fourth-order valence-corrected chi connectivity index (χ4v) is 19.3. The van der Waals surface area contributed by atoms with Crippen LogP contribution in [-0.4, -0.2) is 13.3 Å². The highest BCUT2D eigenvalue weighted by atomic mass is 32.3. The van der Waals surface area contributed by atoms with Gasteiger partial charge in [-0.3, -0.25) is 4.21 Å². The third-order valence-electron chi connectivity index (χ3n) is 17.3. The van der Waals surface area contributed by atoms with Crippen molar-refractivity contribution in [2.24, 2.45) is 0 Å². The van der Waals surface area contributed by atoms with Gasteiger partial charge in [-0.2, -0.15) is 0 Å². The summed E-state index contributed by atoms with van der Waals surface area (Å²) in [4.78, 5) is 3.42. The first-order valence-corrected chi connectivity index (χ1v) is 28.5. The van der Waals surface area contributed by atoms with Crippen LogP contribution in [0.15, 0.2) is 283 Å². The van der Waals surface area contributed by atoms with E-state index in [-0.39, 0.29) is 0 Å². The summed E-state index contributed by atoms with van der Waals surface area (Å²) in [5.41, 5.74) is 18.3. The Balaban J connectivity index is 0.832. The van der Waals surface area contributed by atoms with Gasteiger partial charge in [-0.25, -0.2) is 0 Å². The number of furan rings is 2. The van der Waals surface area contributed by atoms with Crippen LogP contribution in [0.3, 0.4) is 0 Å². The molecule has 0 unspecified atom stereocenters. The molecule has 0 N–H and O–H groups in total. The van der Waals surface area contributed by atoms with Crippen LogP contribution in [0, 0.1) is 0 Å². The van der Waals surface area contributed by atoms with Gasteiger partial charge in [0, 0.05) is 82.9 Å². The monoisotopic (exact) mass is 1010 g/mol. The molecular weight excluding hydrogens is 973 g/mol. The van der Waals surface area contributed by atoms with E-state index < -0.39 is 9.07 Å². The zero-order valence-electron chi connectivity index (χ0n) is 41.8. The van der Waals surface area contributed by atoms with E-state index in [0.717, 1.165) is 141 Å². The number of para-hydroxylation sites is 6. The molecule has 78 heavy (non-hydrogen) atoms. The second-order valence-electron chi connectivity index (χ2n) is 21.0. The maximum absolute atomic E-state index is 18.0. The van der Waals surface area contributed by atoms with E-state index in [1.807, 2.05) is 24.3 Å². The van der Waals surface area contributed by atoms with Crippen LogP contribution in [-0.2, 0) is 9.07 Å². The average molecular weight is 1020 g/mol. The van der Waals surface area contributed by atoms with E-state index >= 15 is 4.21 Å². The van der Waals surface area contributed by atoms with Crippen LogP contribution in [0.2, 0.25) is 0 Å². The maximum atomic E-state index is 18.0. The molecule has 0 bridgehead atoms.